The molecule has 0 radical (unpaired) electrons. The Morgan fingerprint density at radius 2 is 2.10 bits per heavy atom. The van der Waals surface area contributed by atoms with Gasteiger partial charge < -0.3 is 5.73 Å². The fraction of sp³-hybridized carbons (Fsp3) is 0.600. The van der Waals surface area contributed by atoms with E-state index in [1.54, 1.807) is 18.2 Å². The minimum absolute atomic E-state index is 0.0287. The SMILES string of the molecule is CCC1CCC(NS(=O)(=O)c2ccc(CN)cc2Br)C1C. The average molecular weight is 375 g/mol. The number of rotatable bonds is 5. The number of nitrogens with two attached hydrogens (primary N) is 1. The molecule has 0 heterocycles. The molecule has 0 saturated heterocycles. The van der Waals surface area contributed by atoms with E-state index in [0.29, 0.717) is 22.9 Å². The highest BCUT2D eigenvalue weighted by Crippen LogP contribution is 2.35. The third kappa shape index (κ3) is 3.67. The molecule has 0 spiro atoms. The summed E-state index contributed by atoms with van der Waals surface area (Å²) in [6.07, 6.45) is 3.11. The molecule has 0 bridgehead atoms. The molecule has 0 amide bonds. The monoisotopic (exact) mass is 374 g/mol. The number of hydrogen-bond donors (Lipinski definition) is 2. The van der Waals surface area contributed by atoms with Gasteiger partial charge in [0.2, 0.25) is 10.0 Å². The fourth-order valence-corrected chi connectivity index (χ4v) is 5.63. The molecule has 0 aliphatic heterocycles. The first-order valence-electron chi connectivity index (χ1n) is 7.39. The second kappa shape index (κ2) is 6.77. The zero-order valence-electron chi connectivity index (χ0n) is 12.5. The topological polar surface area (TPSA) is 72.2 Å². The third-order valence-corrected chi connectivity index (χ3v) is 7.05. The van der Waals surface area contributed by atoms with Crippen LogP contribution in [0.4, 0.5) is 0 Å². The number of hydrogen-bond acceptors (Lipinski definition) is 3. The van der Waals surface area contributed by atoms with Crippen molar-refractivity contribution in [1.29, 1.82) is 0 Å². The molecule has 2 rings (SSSR count). The molecule has 0 aromatic heterocycles. The Balaban J connectivity index is 2.19. The van der Waals surface area contributed by atoms with E-state index >= 15 is 0 Å². The first kappa shape index (κ1) is 16.9. The summed E-state index contributed by atoms with van der Waals surface area (Å²) in [6, 6.07) is 5.17. The Labute approximate surface area is 135 Å². The summed E-state index contributed by atoms with van der Waals surface area (Å²) in [7, 11) is -3.50. The highest BCUT2D eigenvalue weighted by atomic mass is 79.9. The Kier molecular flexibility index (Phi) is 5.46. The maximum atomic E-state index is 12.6. The van der Waals surface area contributed by atoms with Crippen LogP contribution in [-0.4, -0.2) is 14.5 Å². The van der Waals surface area contributed by atoms with Crippen molar-refractivity contribution in [2.45, 2.75) is 50.6 Å². The zero-order valence-corrected chi connectivity index (χ0v) is 14.9. The van der Waals surface area contributed by atoms with Crippen molar-refractivity contribution in [3.05, 3.63) is 28.2 Å². The van der Waals surface area contributed by atoms with Gasteiger partial charge in [-0.3, -0.25) is 0 Å². The van der Waals surface area contributed by atoms with Gasteiger partial charge in [-0.25, -0.2) is 13.1 Å². The van der Waals surface area contributed by atoms with Crippen molar-refractivity contribution in [2.75, 3.05) is 0 Å². The second-order valence-electron chi connectivity index (χ2n) is 5.80. The van der Waals surface area contributed by atoms with Crippen LogP contribution in [0.5, 0.6) is 0 Å². The van der Waals surface area contributed by atoms with Crippen molar-refractivity contribution >= 4 is 26.0 Å². The highest BCUT2D eigenvalue weighted by Gasteiger charge is 2.34. The van der Waals surface area contributed by atoms with Crippen LogP contribution >= 0.6 is 15.9 Å². The standard InChI is InChI=1S/C15H23BrN2O2S/c1-3-12-5-6-14(10(12)2)18-21(19,20)15-7-4-11(9-17)8-13(15)16/h4,7-8,10,12,14,18H,3,5-6,9,17H2,1-2H3. The van der Waals surface area contributed by atoms with Gasteiger partial charge in [0, 0.05) is 17.1 Å². The molecule has 3 N–H and O–H groups in total. The van der Waals surface area contributed by atoms with E-state index in [9.17, 15) is 8.42 Å². The van der Waals surface area contributed by atoms with Crippen LogP contribution in [0.25, 0.3) is 0 Å². The molecular weight excluding hydrogens is 352 g/mol. The average Bonchev–Trinajstić information content (AvgIpc) is 2.78. The van der Waals surface area contributed by atoms with Crippen LogP contribution in [0.2, 0.25) is 0 Å². The normalized spacial score (nSPS) is 26.2. The first-order valence-corrected chi connectivity index (χ1v) is 9.67. The van der Waals surface area contributed by atoms with E-state index in [0.717, 1.165) is 24.8 Å². The van der Waals surface area contributed by atoms with Gasteiger partial charge >= 0.3 is 0 Å². The lowest BCUT2D eigenvalue weighted by Crippen LogP contribution is -2.37. The van der Waals surface area contributed by atoms with Gasteiger partial charge in [-0.1, -0.05) is 26.3 Å². The smallest absolute Gasteiger partial charge is 0.241 e. The molecule has 1 saturated carbocycles. The van der Waals surface area contributed by atoms with Crippen LogP contribution in [0.15, 0.2) is 27.6 Å². The quantitative estimate of drug-likeness (QED) is 0.831. The van der Waals surface area contributed by atoms with Crippen LogP contribution in [-0.2, 0) is 16.6 Å². The van der Waals surface area contributed by atoms with E-state index in [2.05, 4.69) is 34.5 Å². The van der Waals surface area contributed by atoms with Crippen LogP contribution in [0.1, 0.15) is 38.7 Å². The lowest BCUT2D eigenvalue weighted by atomic mass is 9.94. The highest BCUT2D eigenvalue weighted by molar-refractivity contribution is 9.10. The summed E-state index contributed by atoms with van der Waals surface area (Å²) < 4.78 is 28.6. The van der Waals surface area contributed by atoms with Crippen molar-refractivity contribution in [3.8, 4) is 0 Å². The van der Waals surface area contributed by atoms with Gasteiger partial charge in [-0.2, -0.15) is 0 Å². The van der Waals surface area contributed by atoms with Crippen LogP contribution in [0.3, 0.4) is 0 Å². The molecule has 3 atom stereocenters. The minimum Gasteiger partial charge on any atom is -0.326 e. The summed E-state index contributed by atoms with van der Waals surface area (Å²) >= 11 is 3.34. The van der Waals surface area contributed by atoms with Crippen molar-refractivity contribution in [3.63, 3.8) is 0 Å². The lowest BCUT2D eigenvalue weighted by Gasteiger charge is -2.21. The fourth-order valence-electron chi connectivity index (χ4n) is 3.14. The zero-order chi connectivity index (χ0) is 15.6. The summed E-state index contributed by atoms with van der Waals surface area (Å²) in [5, 5.41) is 0. The summed E-state index contributed by atoms with van der Waals surface area (Å²) in [5.41, 5.74) is 6.48. The number of halogens is 1. The number of sulfonamides is 1. The Bertz CT molecular complexity index is 604. The summed E-state index contributed by atoms with van der Waals surface area (Å²) in [4.78, 5) is 0.284. The first-order chi connectivity index (χ1) is 9.89. The lowest BCUT2D eigenvalue weighted by molar-refractivity contribution is 0.368. The maximum Gasteiger partial charge on any atom is 0.241 e. The molecule has 6 heteroatoms. The summed E-state index contributed by atoms with van der Waals surface area (Å²) in [5.74, 6) is 0.993. The summed E-state index contributed by atoms with van der Waals surface area (Å²) in [6.45, 7) is 4.70. The predicted octanol–water partition coefficient (Wildman–Crippen LogP) is 3.01. The number of nitrogens with one attached hydrogen (secondary N) is 1. The molecule has 21 heavy (non-hydrogen) atoms. The molecule has 1 aromatic rings. The molecular formula is C15H23BrN2O2S. The van der Waals surface area contributed by atoms with Gasteiger partial charge in [0.1, 0.15) is 0 Å². The van der Waals surface area contributed by atoms with Crippen molar-refractivity contribution in [2.24, 2.45) is 17.6 Å². The Morgan fingerprint density at radius 3 is 2.62 bits per heavy atom. The van der Waals surface area contributed by atoms with Crippen molar-refractivity contribution in [1.82, 2.24) is 4.72 Å². The third-order valence-electron chi connectivity index (χ3n) is 4.58. The van der Waals surface area contributed by atoms with E-state index in [4.69, 9.17) is 5.73 Å². The predicted molar refractivity (Wildman–Crippen MR) is 88.3 cm³/mol. The molecule has 1 aliphatic rings. The van der Waals surface area contributed by atoms with Crippen LogP contribution in [0, 0.1) is 11.8 Å². The molecule has 1 aliphatic carbocycles. The van der Waals surface area contributed by atoms with E-state index < -0.39 is 10.0 Å². The molecule has 1 fully saturated rings. The van der Waals surface area contributed by atoms with E-state index in [1.165, 1.54) is 0 Å². The largest absolute Gasteiger partial charge is 0.326 e. The van der Waals surface area contributed by atoms with Gasteiger partial charge in [0.25, 0.3) is 0 Å². The molecule has 3 unspecified atom stereocenters. The molecule has 1 aromatic carbocycles. The van der Waals surface area contributed by atoms with Crippen LogP contribution < -0.4 is 10.5 Å². The minimum atomic E-state index is -3.50. The maximum absolute atomic E-state index is 12.6. The Hall–Kier alpha value is -0.430. The Morgan fingerprint density at radius 1 is 1.38 bits per heavy atom. The van der Waals surface area contributed by atoms with Gasteiger partial charge in [0.05, 0.1) is 4.90 Å². The van der Waals surface area contributed by atoms with Gasteiger partial charge in [-0.15, -0.1) is 0 Å². The van der Waals surface area contributed by atoms with Gasteiger partial charge in [-0.05, 0) is 58.3 Å². The number of benzene rings is 1. The van der Waals surface area contributed by atoms with E-state index in [-0.39, 0.29) is 10.9 Å². The second-order valence-corrected chi connectivity index (χ2v) is 8.34. The van der Waals surface area contributed by atoms with Gasteiger partial charge in [0.15, 0.2) is 0 Å². The molecule has 4 nitrogen and oxygen atoms in total. The van der Waals surface area contributed by atoms with E-state index in [1.807, 2.05) is 0 Å². The van der Waals surface area contributed by atoms with Crippen molar-refractivity contribution < 1.29 is 8.42 Å². The molecule has 118 valence electrons.